The zero-order chi connectivity index (χ0) is 8.97. The second-order valence-electron chi connectivity index (χ2n) is 2.60. The van der Waals surface area contributed by atoms with E-state index in [1.54, 1.807) is 0 Å². The summed E-state index contributed by atoms with van der Waals surface area (Å²) in [7, 11) is 0. The Morgan fingerprint density at radius 2 is 2.00 bits per heavy atom. The van der Waals surface area contributed by atoms with E-state index in [2.05, 4.69) is 12.2 Å². The topological polar surface area (TPSA) is 29.1 Å². The van der Waals surface area contributed by atoms with Crippen LogP contribution >= 0.6 is 0 Å². The SMILES string of the molecule is [CH2]c1ccc(NC(=O)CC)cc1. The van der Waals surface area contributed by atoms with Crippen molar-refractivity contribution in [3.8, 4) is 0 Å². The van der Waals surface area contributed by atoms with Crippen LogP contribution in [0, 0.1) is 6.92 Å². The Bertz CT molecular complexity index is 264. The molecule has 2 heteroatoms. The first-order valence-corrected chi connectivity index (χ1v) is 3.94. The smallest absolute Gasteiger partial charge is 0.224 e. The molecule has 63 valence electrons. The van der Waals surface area contributed by atoms with Crippen molar-refractivity contribution in [1.82, 2.24) is 0 Å². The summed E-state index contributed by atoms with van der Waals surface area (Å²) in [4.78, 5) is 10.9. The zero-order valence-electron chi connectivity index (χ0n) is 7.13. The summed E-state index contributed by atoms with van der Waals surface area (Å²) in [5.41, 5.74) is 1.78. The molecule has 1 N–H and O–H groups in total. The van der Waals surface area contributed by atoms with Gasteiger partial charge in [-0.2, -0.15) is 0 Å². The number of carbonyl (C=O) groups excluding carboxylic acids is 1. The highest BCUT2D eigenvalue weighted by atomic mass is 16.1. The van der Waals surface area contributed by atoms with E-state index >= 15 is 0 Å². The largest absolute Gasteiger partial charge is 0.326 e. The molecule has 0 aliphatic carbocycles. The minimum atomic E-state index is 0.0341. The number of amides is 1. The highest BCUT2D eigenvalue weighted by Gasteiger charge is 1.96. The van der Waals surface area contributed by atoms with Crippen LogP contribution in [0.1, 0.15) is 18.9 Å². The molecule has 0 aliphatic rings. The fourth-order valence-electron chi connectivity index (χ4n) is 0.837. The molecule has 0 aromatic heterocycles. The fourth-order valence-corrected chi connectivity index (χ4v) is 0.837. The Labute approximate surface area is 72.6 Å². The number of hydrogen-bond acceptors (Lipinski definition) is 1. The summed E-state index contributed by atoms with van der Waals surface area (Å²) in [6, 6.07) is 7.42. The van der Waals surface area contributed by atoms with Crippen LogP contribution < -0.4 is 5.32 Å². The van der Waals surface area contributed by atoms with E-state index in [9.17, 15) is 4.79 Å². The number of carbonyl (C=O) groups is 1. The molecule has 1 radical (unpaired) electrons. The van der Waals surface area contributed by atoms with Gasteiger partial charge in [0.15, 0.2) is 0 Å². The van der Waals surface area contributed by atoms with Crippen molar-refractivity contribution < 1.29 is 4.79 Å². The molecule has 12 heavy (non-hydrogen) atoms. The Morgan fingerprint density at radius 1 is 1.42 bits per heavy atom. The van der Waals surface area contributed by atoms with Gasteiger partial charge in [-0.05, 0) is 24.6 Å². The molecular formula is C10H12NO. The Morgan fingerprint density at radius 3 is 2.50 bits per heavy atom. The van der Waals surface area contributed by atoms with Crippen molar-refractivity contribution in [2.75, 3.05) is 5.32 Å². The third-order valence-corrected chi connectivity index (χ3v) is 1.56. The van der Waals surface area contributed by atoms with E-state index in [1.807, 2.05) is 31.2 Å². The average Bonchev–Trinajstić information content (AvgIpc) is 2.09. The van der Waals surface area contributed by atoms with Crippen molar-refractivity contribution in [2.24, 2.45) is 0 Å². The normalized spacial score (nSPS) is 9.50. The van der Waals surface area contributed by atoms with E-state index in [0.29, 0.717) is 6.42 Å². The lowest BCUT2D eigenvalue weighted by Crippen LogP contribution is -2.08. The van der Waals surface area contributed by atoms with Crippen LogP contribution in [0.4, 0.5) is 5.69 Å². The zero-order valence-corrected chi connectivity index (χ0v) is 7.13. The van der Waals surface area contributed by atoms with Crippen LogP contribution in [0.2, 0.25) is 0 Å². The first-order valence-electron chi connectivity index (χ1n) is 3.94. The molecule has 1 rings (SSSR count). The van der Waals surface area contributed by atoms with Crippen molar-refractivity contribution >= 4 is 11.6 Å². The molecule has 0 saturated carbocycles. The summed E-state index contributed by atoms with van der Waals surface area (Å²) < 4.78 is 0. The monoisotopic (exact) mass is 162 g/mol. The van der Waals surface area contributed by atoms with Gasteiger partial charge in [-0.25, -0.2) is 0 Å². The Hall–Kier alpha value is -1.31. The molecule has 0 aliphatic heterocycles. The first kappa shape index (κ1) is 8.78. The molecule has 0 spiro atoms. The second kappa shape index (κ2) is 3.90. The molecule has 0 saturated heterocycles. The quantitative estimate of drug-likeness (QED) is 0.709. The maximum absolute atomic E-state index is 10.9. The number of hydrogen-bond donors (Lipinski definition) is 1. The van der Waals surface area contributed by atoms with Crippen LogP contribution in [0.3, 0.4) is 0 Å². The van der Waals surface area contributed by atoms with Gasteiger partial charge in [0.05, 0.1) is 0 Å². The lowest BCUT2D eigenvalue weighted by atomic mass is 10.2. The molecule has 1 aromatic rings. The molecule has 1 aromatic carbocycles. The highest BCUT2D eigenvalue weighted by molar-refractivity contribution is 5.90. The lowest BCUT2D eigenvalue weighted by molar-refractivity contribution is -0.115. The third-order valence-electron chi connectivity index (χ3n) is 1.56. The molecule has 2 nitrogen and oxygen atoms in total. The summed E-state index contributed by atoms with van der Waals surface area (Å²) in [6.45, 7) is 5.57. The molecular weight excluding hydrogens is 150 g/mol. The molecule has 1 amide bonds. The predicted molar refractivity (Wildman–Crippen MR) is 49.8 cm³/mol. The van der Waals surface area contributed by atoms with Gasteiger partial charge >= 0.3 is 0 Å². The van der Waals surface area contributed by atoms with Gasteiger partial charge in [-0.15, -0.1) is 0 Å². The predicted octanol–water partition coefficient (Wildman–Crippen LogP) is 2.22. The van der Waals surface area contributed by atoms with E-state index in [4.69, 9.17) is 0 Å². The van der Waals surface area contributed by atoms with Gasteiger partial charge in [-0.1, -0.05) is 19.1 Å². The number of nitrogens with one attached hydrogen (secondary N) is 1. The summed E-state index contributed by atoms with van der Waals surface area (Å²) in [6.07, 6.45) is 0.506. The van der Waals surface area contributed by atoms with Crippen molar-refractivity contribution in [3.63, 3.8) is 0 Å². The average molecular weight is 162 g/mol. The minimum absolute atomic E-state index is 0.0341. The second-order valence-corrected chi connectivity index (χ2v) is 2.60. The lowest BCUT2D eigenvalue weighted by Gasteiger charge is -2.02. The van der Waals surface area contributed by atoms with Crippen LogP contribution in [0.15, 0.2) is 24.3 Å². The number of benzene rings is 1. The Kier molecular flexibility index (Phi) is 2.86. The molecule has 0 atom stereocenters. The molecule has 0 bridgehead atoms. The summed E-state index contributed by atoms with van der Waals surface area (Å²) >= 11 is 0. The van der Waals surface area contributed by atoms with Crippen LogP contribution in [0.5, 0.6) is 0 Å². The van der Waals surface area contributed by atoms with E-state index in [-0.39, 0.29) is 5.91 Å². The summed E-state index contributed by atoms with van der Waals surface area (Å²) in [5.74, 6) is 0.0341. The number of rotatable bonds is 2. The van der Waals surface area contributed by atoms with Crippen molar-refractivity contribution in [3.05, 3.63) is 36.8 Å². The third kappa shape index (κ3) is 2.38. The van der Waals surface area contributed by atoms with Gasteiger partial charge in [0, 0.05) is 12.1 Å². The van der Waals surface area contributed by atoms with Crippen LogP contribution in [-0.2, 0) is 4.79 Å². The molecule has 0 unspecified atom stereocenters. The van der Waals surface area contributed by atoms with Gasteiger partial charge < -0.3 is 5.32 Å². The standard InChI is InChI=1S/C10H12NO/c1-3-10(12)11-9-6-4-8(2)5-7-9/h4-7H,2-3H2,1H3,(H,11,12). The van der Waals surface area contributed by atoms with Gasteiger partial charge in [0.2, 0.25) is 5.91 Å². The van der Waals surface area contributed by atoms with Crippen LogP contribution in [-0.4, -0.2) is 5.91 Å². The van der Waals surface area contributed by atoms with Crippen molar-refractivity contribution in [2.45, 2.75) is 13.3 Å². The van der Waals surface area contributed by atoms with E-state index < -0.39 is 0 Å². The van der Waals surface area contributed by atoms with Gasteiger partial charge in [-0.3, -0.25) is 4.79 Å². The molecule has 0 fully saturated rings. The van der Waals surface area contributed by atoms with Gasteiger partial charge in [0.1, 0.15) is 0 Å². The maximum Gasteiger partial charge on any atom is 0.224 e. The van der Waals surface area contributed by atoms with E-state index in [0.717, 1.165) is 11.3 Å². The minimum Gasteiger partial charge on any atom is -0.326 e. The van der Waals surface area contributed by atoms with Gasteiger partial charge in [0.25, 0.3) is 0 Å². The fraction of sp³-hybridized carbons (Fsp3) is 0.200. The first-order chi connectivity index (χ1) is 5.72. The molecule has 0 heterocycles. The number of anilines is 1. The maximum atomic E-state index is 10.9. The van der Waals surface area contributed by atoms with Crippen LogP contribution in [0.25, 0.3) is 0 Å². The Balaban J connectivity index is 2.64. The summed E-state index contributed by atoms with van der Waals surface area (Å²) in [5, 5.41) is 2.75. The van der Waals surface area contributed by atoms with Crippen molar-refractivity contribution in [1.29, 1.82) is 0 Å². The van der Waals surface area contributed by atoms with E-state index in [1.165, 1.54) is 0 Å². The highest BCUT2D eigenvalue weighted by Crippen LogP contribution is 2.08.